The third-order valence-electron chi connectivity index (χ3n) is 2.13. The van der Waals surface area contributed by atoms with E-state index in [2.05, 4.69) is 15.3 Å². The second kappa shape index (κ2) is 5.41. The molecular weight excluding hydrogens is 238 g/mol. The van der Waals surface area contributed by atoms with Gasteiger partial charge in [0.25, 0.3) is 5.91 Å². The summed E-state index contributed by atoms with van der Waals surface area (Å²) in [6.45, 7) is 0.346. The maximum absolute atomic E-state index is 11.8. The van der Waals surface area contributed by atoms with Crippen LogP contribution in [0.5, 0.6) is 0 Å². The van der Waals surface area contributed by atoms with E-state index in [4.69, 9.17) is 11.6 Å². The molecule has 0 radical (unpaired) electrons. The van der Waals surface area contributed by atoms with Crippen LogP contribution >= 0.6 is 11.6 Å². The van der Waals surface area contributed by atoms with Gasteiger partial charge in [0.15, 0.2) is 0 Å². The first kappa shape index (κ1) is 11.5. The molecule has 0 aliphatic carbocycles. The summed E-state index contributed by atoms with van der Waals surface area (Å²) in [7, 11) is 0. The molecule has 0 aliphatic heterocycles. The fourth-order valence-electron chi connectivity index (χ4n) is 1.32. The largest absolute Gasteiger partial charge is 0.346 e. The second-order valence-electron chi connectivity index (χ2n) is 3.39. The molecule has 0 saturated carbocycles. The van der Waals surface area contributed by atoms with Gasteiger partial charge >= 0.3 is 0 Å². The molecule has 2 rings (SSSR count). The molecule has 0 fully saturated rings. The number of aromatic nitrogens is 2. The Morgan fingerprint density at radius 1 is 1.35 bits per heavy atom. The van der Waals surface area contributed by atoms with Crippen LogP contribution < -0.4 is 5.32 Å². The lowest BCUT2D eigenvalue weighted by atomic mass is 10.2. The van der Waals surface area contributed by atoms with E-state index < -0.39 is 0 Å². The third-order valence-corrected chi connectivity index (χ3v) is 2.37. The smallest absolute Gasteiger partial charge is 0.251 e. The number of nitrogens with one attached hydrogen (secondary N) is 1. The fourth-order valence-corrected chi connectivity index (χ4v) is 1.51. The van der Waals surface area contributed by atoms with E-state index in [1.807, 2.05) is 0 Å². The molecule has 0 spiro atoms. The van der Waals surface area contributed by atoms with E-state index in [-0.39, 0.29) is 5.91 Å². The van der Waals surface area contributed by atoms with Gasteiger partial charge < -0.3 is 5.32 Å². The number of carbonyl (C=O) groups is 1. The number of halogens is 1. The van der Waals surface area contributed by atoms with Crippen molar-refractivity contribution in [1.29, 1.82) is 0 Å². The van der Waals surface area contributed by atoms with Gasteiger partial charge in [-0.05, 0) is 18.2 Å². The normalized spacial score (nSPS) is 9.94. The molecule has 0 aliphatic rings. The Labute approximate surface area is 104 Å². The Balaban J connectivity index is 1.98. The van der Waals surface area contributed by atoms with Crippen molar-refractivity contribution in [3.8, 4) is 0 Å². The zero-order chi connectivity index (χ0) is 12.1. The van der Waals surface area contributed by atoms with Crippen molar-refractivity contribution in [3.05, 3.63) is 59.1 Å². The molecule has 0 saturated heterocycles. The predicted molar refractivity (Wildman–Crippen MR) is 64.7 cm³/mol. The highest BCUT2D eigenvalue weighted by Gasteiger charge is 2.05. The van der Waals surface area contributed by atoms with Crippen LogP contribution in [0, 0.1) is 0 Å². The van der Waals surface area contributed by atoms with Gasteiger partial charge in [0.2, 0.25) is 0 Å². The molecule has 1 amide bonds. The highest BCUT2D eigenvalue weighted by molar-refractivity contribution is 6.30. The Morgan fingerprint density at radius 3 is 2.94 bits per heavy atom. The van der Waals surface area contributed by atoms with Gasteiger partial charge in [-0.3, -0.25) is 14.8 Å². The lowest BCUT2D eigenvalue weighted by Gasteiger charge is -2.04. The van der Waals surface area contributed by atoms with Crippen molar-refractivity contribution in [3.63, 3.8) is 0 Å². The number of carbonyl (C=O) groups excluding carboxylic acids is 1. The van der Waals surface area contributed by atoms with E-state index in [1.54, 1.807) is 42.9 Å². The van der Waals surface area contributed by atoms with E-state index in [9.17, 15) is 4.79 Å². The van der Waals surface area contributed by atoms with E-state index in [1.165, 1.54) is 0 Å². The van der Waals surface area contributed by atoms with Crippen LogP contribution in [0.25, 0.3) is 0 Å². The standard InChI is InChI=1S/C12H10ClN3O/c13-10-3-1-2-9(6-10)12(17)16-8-11-7-14-4-5-15-11/h1-7H,8H2,(H,16,17). The number of rotatable bonds is 3. The van der Waals surface area contributed by atoms with Crippen LogP contribution in [0.1, 0.15) is 16.1 Å². The molecule has 2 aromatic rings. The number of nitrogens with zero attached hydrogens (tertiary/aromatic N) is 2. The maximum atomic E-state index is 11.8. The molecule has 1 aromatic carbocycles. The Bertz CT molecular complexity index is 516. The van der Waals surface area contributed by atoms with Crippen LogP contribution in [-0.2, 0) is 6.54 Å². The number of amides is 1. The van der Waals surface area contributed by atoms with Gasteiger partial charge in [0.1, 0.15) is 0 Å². The molecule has 5 heteroatoms. The van der Waals surface area contributed by atoms with Gasteiger partial charge in [0.05, 0.1) is 18.4 Å². The monoisotopic (exact) mass is 247 g/mol. The lowest BCUT2D eigenvalue weighted by molar-refractivity contribution is 0.0950. The summed E-state index contributed by atoms with van der Waals surface area (Å²) in [6, 6.07) is 6.78. The summed E-state index contributed by atoms with van der Waals surface area (Å²) in [5.74, 6) is -0.182. The van der Waals surface area contributed by atoms with E-state index >= 15 is 0 Å². The van der Waals surface area contributed by atoms with Crippen LogP contribution in [0.2, 0.25) is 5.02 Å². The fraction of sp³-hybridized carbons (Fsp3) is 0.0833. The molecular formula is C12H10ClN3O. The average Bonchev–Trinajstić information content (AvgIpc) is 2.37. The summed E-state index contributed by atoms with van der Waals surface area (Å²) in [5, 5.41) is 3.28. The number of hydrogen-bond donors (Lipinski definition) is 1. The topological polar surface area (TPSA) is 54.9 Å². The number of benzene rings is 1. The average molecular weight is 248 g/mol. The lowest BCUT2D eigenvalue weighted by Crippen LogP contribution is -2.23. The number of hydrogen-bond acceptors (Lipinski definition) is 3. The van der Waals surface area contributed by atoms with Crippen LogP contribution in [0.4, 0.5) is 0 Å². The Morgan fingerprint density at radius 2 is 2.24 bits per heavy atom. The van der Waals surface area contributed by atoms with Crippen molar-refractivity contribution in [1.82, 2.24) is 15.3 Å². The maximum Gasteiger partial charge on any atom is 0.251 e. The zero-order valence-corrected chi connectivity index (χ0v) is 9.69. The zero-order valence-electron chi connectivity index (χ0n) is 8.93. The molecule has 1 heterocycles. The van der Waals surface area contributed by atoms with E-state index in [0.717, 1.165) is 0 Å². The van der Waals surface area contributed by atoms with Crippen molar-refractivity contribution in [2.24, 2.45) is 0 Å². The van der Waals surface area contributed by atoms with Crippen molar-refractivity contribution < 1.29 is 4.79 Å². The quantitative estimate of drug-likeness (QED) is 0.903. The Kier molecular flexibility index (Phi) is 3.67. The summed E-state index contributed by atoms with van der Waals surface area (Å²) >= 11 is 5.80. The minimum Gasteiger partial charge on any atom is -0.346 e. The first-order valence-corrected chi connectivity index (χ1v) is 5.42. The minimum atomic E-state index is -0.182. The summed E-state index contributed by atoms with van der Waals surface area (Å²) in [4.78, 5) is 19.7. The molecule has 0 unspecified atom stereocenters. The molecule has 1 N–H and O–H groups in total. The van der Waals surface area contributed by atoms with Gasteiger partial charge in [-0.25, -0.2) is 0 Å². The molecule has 17 heavy (non-hydrogen) atoms. The molecule has 1 aromatic heterocycles. The first-order chi connectivity index (χ1) is 8.25. The van der Waals surface area contributed by atoms with Crippen molar-refractivity contribution in [2.45, 2.75) is 6.54 Å². The summed E-state index contributed by atoms with van der Waals surface area (Å²) < 4.78 is 0. The van der Waals surface area contributed by atoms with Gasteiger partial charge in [0, 0.05) is 23.0 Å². The summed E-state index contributed by atoms with van der Waals surface area (Å²) in [5.41, 5.74) is 1.24. The van der Waals surface area contributed by atoms with Crippen LogP contribution in [-0.4, -0.2) is 15.9 Å². The third kappa shape index (κ3) is 3.26. The predicted octanol–water partition coefficient (Wildman–Crippen LogP) is 2.06. The van der Waals surface area contributed by atoms with Crippen LogP contribution in [0.3, 0.4) is 0 Å². The minimum absolute atomic E-state index is 0.182. The van der Waals surface area contributed by atoms with Gasteiger partial charge in [-0.15, -0.1) is 0 Å². The van der Waals surface area contributed by atoms with Crippen molar-refractivity contribution >= 4 is 17.5 Å². The molecule has 86 valence electrons. The summed E-state index contributed by atoms with van der Waals surface area (Å²) in [6.07, 6.45) is 4.78. The highest BCUT2D eigenvalue weighted by atomic mass is 35.5. The Hall–Kier alpha value is -1.94. The van der Waals surface area contributed by atoms with E-state index in [0.29, 0.717) is 22.8 Å². The second-order valence-corrected chi connectivity index (χ2v) is 3.83. The van der Waals surface area contributed by atoms with Crippen molar-refractivity contribution in [2.75, 3.05) is 0 Å². The van der Waals surface area contributed by atoms with Gasteiger partial charge in [-0.2, -0.15) is 0 Å². The molecule has 0 bridgehead atoms. The van der Waals surface area contributed by atoms with Crippen LogP contribution in [0.15, 0.2) is 42.9 Å². The molecule has 0 atom stereocenters. The first-order valence-electron chi connectivity index (χ1n) is 5.04. The molecule has 4 nitrogen and oxygen atoms in total. The van der Waals surface area contributed by atoms with Gasteiger partial charge in [-0.1, -0.05) is 17.7 Å². The SMILES string of the molecule is O=C(NCc1cnccn1)c1cccc(Cl)c1. The highest BCUT2D eigenvalue weighted by Crippen LogP contribution is 2.10.